The summed E-state index contributed by atoms with van der Waals surface area (Å²) in [5.74, 6) is -0.660. The predicted molar refractivity (Wildman–Crippen MR) is 65.2 cm³/mol. The second-order valence-electron chi connectivity index (χ2n) is 3.61. The number of thioether (sulfide) groups is 1. The van der Waals surface area contributed by atoms with Gasteiger partial charge in [0.1, 0.15) is 6.04 Å². The van der Waals surface area contributed by atoms with E-state index in [1.165, 1.54) is 16.7 Å². The van der Waals surface area contributed by atoms with Crippen LogP contribution in [0.5, 0.6) is 0 Å². The molecule has 1 rings (SSSR count). The van der Waals surface area contributed by atoms with Crippen molar-refractivity contribution in [1.29, 1.82) is 0 Å². The minimum Gasteiger partial charge on any atom is -0.480 e. The molecule has 0 radical (unpaired) electrons. The molecule has 18 heavy (non-hydrogen) atoms. The molecule has 1 unspecified atom stereocenters. The predicted octanol–water partition coefficient (Wildman–Crippen LogP) is 0.109. The number of carbonyl (C=O) groups is 3. The number of esters is 1. The zero-order valence-electron chi connectivity index (χ0n) is 10.0. The lowest BCUT2D eigenvalue weighted by molar-refractivity contribution is -0.143. The van der Waals surface area contributed by atoms with Crippen LogP contribution >= 0.6 is 11.8 Å². The van der Waals surface area contributed by atoms with Gasteiger partial charge in [-0.1, -0.05) is 0 Å². The van der Waals surface area contributed by atoms with Gasteiger partial charge in [0.25, 0.3) is 0 Å². The van der Waals surface area contributed by atoms with Gasteiger partial charge in [0.15, 0.2) is 0 Å². The first-order chi connectivity index (χ1) is 8.56. The molecule has 0 bridgehead atoms. The first-order valence-electron chi connectivity index (χ1n) is 5.57. The summed E-state index contributed by atoms with van der Waals surface area (Å²) in [6, 6.07) is -1.26. The van der Waals surface area contributed by atoms with Crippen LogP contribution in [0.25, 0.3) is 0 Å². The molecule has 0 aliphatic carbocycles. The van der Waals surface area contributed by atoms with Crippen LogP contribution in [0.3, 0.4) is 0 Å². The average molecular weight is 276 g/mol. The van der Waals surface area contributed by atoms with Crippen LogP contribution < -0.4 is 5.32 Å². The highest BCUT2D eigenvalue weighted by Gasteiger charge is 2.34. The molecule has 0 saturated carbocycles. The lowest BCUT2D eigenvalue weighted by Crippen LogP contribution is -2.47. The maximum atomic E-state index is 11.7. The van der Waals surface area contributed by atoms with Crippen LogP contribution in [-0.4, -0.2) is 58.8 Å². The van der Waals surface area contributed by atoms with Gasteiger partial charge in [-0.05, 0) is 6.92 Å². The van der Waals surface area contributed by atoms with Gasteiger partial charge in [-0.15, -0.1) is 11.8 Å². The molecule has 1 saturated heterocycles. The van der Waals surface area contributed by atoms with Crippen LogP contribution in [0.15, 0.2) is 0 Å². The Morgan fingerprint density at radius 1 is 1.50 bits per heavy atom. The SMILES string of the molecule is CCOC(=O)CCNC(=O)N1CSCC1C(=O)O. The fraction of sp³-hybridized carbons (Fsp3) is 0.700. The fourth-order valence-electron chi connectivity index (χ4n) is 1.45. The van der Waals surface area contributed by atoms with Crippen molar-refractivity contribution in [2.24, 2.45) is 0 Å². The molecule has 1 heterocycles. The van der Waals surface area contributed by atoms with Gasteiger partial charge in [0, 0.05) is 12.3 Å². The Morgan fingerprint density at radius 2 is 2.22 bits per heavy atom. The van der Waals surface area contributed by atoms with Crippen molar-refractivity contribution in [2.45, 2.75) is 19.4 Å². The summed E-state index contributed by atoms with van der Waals surface area (Å²) in [6.45, 7) is 2.15. The zero-order valence-corrected chi connectivity index (χ0v) is 10.9. The summed E-state index contributed by atoms with van der Waals surface area (Å²) in [6.07, 6.45) is 0.0816. The second-order valence-corrected chi connectivity index (χ2v) is 4.61. The van der Waals surface area contributed by atoms with Crippen LogP contribution in [-0.2, 0) is 14.3 Å². The summed E-state index contributed by atoms with van der Waals surface area (Å²) in [4.78, 5) is 34.8. The van der Waals surface area contributed by atoms with E-state index in [1.807, 2.05) is 0 Å². The summed E-state index contributed by atoms with van der Waals surface area (Å²) < 4.78 is 4.71. The Bertz CT molecular complexity index is 336. The van der Waals surface area contributed by atoms with Gasteiger partial charge in [-0.3, -0.25) is 4.79 Å². The van der Waals surface area contributed by atoms with Crippen LogP contribution in [0.2, 0.25) is 0 Å². The number of urea groups is 1. The molecular formula is C10H16N2O5S. The van der Waals surface area contributed by atoms with Crippen molar-refractivity contribution in [2.75, 3.05) is 24.8 Å². The number of hydrogen-bond donors (Lipinski definition) is 2. The number of hydrogen-bond acceptors (Lipinski definition) is 5. The first-order valence-corrected chi connectivity index (χ1v) is 6.72. The Balaban J connectivity index is 2.32. The van der Waals surface area contributed by atoms with E-state index in [0.717, 1.165) is 0 Å². The van der Waals surface area contributed by atoms with Crippen molar-refractivity contribution in [1.82, 2.24) is 10.2 Å². The highest BCUT2D eigenvalue weighted by molar-refractivity contribution is 7.99. The van der Waals surface area contributed by atoms with Gasteiger partial charge in [-0.25, -0.2) is 9.59 Å². The second kappa shape index (κ2) is 7.10. The van der Waals surface area contributed by atoms with Gasteiger partial charge in [-0.2, -0.15) is 0 Å². The molecule has 1 fully saturated rings. The molecule has 1 aliphatic rings. The first kappa shape index (κ1) is 14.6. The van der Waals surface area contributed by atoms with E-state index >= 15 is 0 Å². The third-order valence-electron chi connectivity index (χ3n) is 2.34. The third kappa shape index (κ3) is 4.10. The van der Waals surface area contributed by atoms with Crippen molar-refractivity contribution in [3.05, 3.63) is 0 Å². The largest absolute Gasteiger partial charge is 0.480 e. The van der Waals surface area contributed by atoms with E-state index in [4.69, 9.17) is 9.84 Å². The molecule has 0 spiro atoms. The normalized spacial score (nSPS) is 18.5. The minimum absolute atomic E-state index is 0.0816. The van der Waals surface area contributed by atoms with Crippen LogP contribution in [0.4, 0.5) is 4.79 Å². The number of ether oxygens (including phenoxy) is 1. The monoisotopic (exact) mass is 276 g/mol. The van der Waals surface area contributed by atoms with Gasteiger partial charge >= 0.3 is 18.0 Å². The average Bonchev–Trinajstić information content (AvgIpc) is 2.78. The zero-order chi connectivity index (χ0) is 13.5. The quantitative estimate of drug-likeness (QED) is 0.692. The lowest BCUT2D eigenvalue weighted by Gasteiger charge is -2.20. The van der Waals surface area contributed by atoms with Crippen molar-refractivity contribution in [3.8, 4) is 0 Å². The van der Waals surface area contributed by atoms with Crippen molar-refractivity contribution >= 4 is 29.7 Å². The Kier molecular flexibility index (Phi) is 5.76. The minimum atomic E-state index is -1.01. The van der Waals surface area contributed by atoms with E-state index in [0.29, 0.717) is 18.2 Å². The number of carboxylic acid groups (broad SMARTS) is 1. The molecule has 8 heteroatoms. The topological polar surface area (TPSA) is 95.9 Å². The Labute approximate surface area is 109 Å². The number of nitrogens with zero attached hydrogens (tertiary/aromatic N) is 1. The van der Waals surface area contributed by atoms with E-state index in [9.17, 15) is 14.4 Å². The van der Waals surface area contributed by atoms with Crippen LogP contribution in [0.1, 0.15) is 13.3 Å². The fourth-order valence-corrected chi connectivity index (χ4v) is 2.60. The molecule has 0 aromatic carbocycles. The number of rotatable bonds is 5. The Morgan fingerprint density at radius 3 is 2.83 bits per heavy atom. The number of carboxylic acids is 1. The highest BCUT2D eigenvalue weighted by atomic mass is 32.2. The number of nitrogens with one attached hydrogen (secondary N) is 1. The molecular weight excluding hydrogens is 260 g/mol. The number of carbonyl (C=O) groups excluding carboxylic acids is 2. The van der Waals surface area contributed by atoms with E-state index < -0.39 is 18.0 Å². The number of aliphatic carboxylic acids is 1. The summed E-state index contributed by atoms with van der Waals surface area (Å²) in [5.41, 5.74) is 0. The van der Waals surface area contributed by atoms with Gasteiger partial charge < -0.3 is 20.1 Å². The number of amides is 2. The molecule has 0 aromatic rings. The molecule has 1 aliphatic heterocycles. The van der Waals surface area contributed by atoms with Crippen molar-refractivity contribution in [3.63, 3.8) is 0 Å². The van der Waals surface area contributed by atoms with Gasteiger partial charge in [0.05, 0.1) is 18.9 Å². The van der Waals surface area contributed by atoms with E-state index in [-0.39, 0.29) is 18.9 Å². The maximum Gasteiger partial charge on any atom is 0.327 e. The molecule has 1 atom stereocenters. The van der Waals surface area contributed by atoms with Crippen molar-refractivity contribution < 1.29 is 24.2 Å². The molecule has 102 valence electrons. The summed E-state index contributed by atoms with van der Waals surface area (Å²) in [5, 5.41) is 11.4. The van der Waals surface area contributed by atoms with E-state index in [2.05, 4.69) is 5.32 Å². The highest BCUT2D eigenvalue weighted by Crippen LogP contribution is 2.20. The van der Waals surface area contributed by atoms with Gasteiger partial charge in [0.2, 0.25) is 0 Å². The lowest BCUT2D eigenvalue weighted by atomic mass is 10.3. The van der Waals surface area contributed by atoms with E-state index in [1.54, 1.807) is 6.92 Å². The molecule has 0 aromatic heterocycles. The molecule has 2 N–H and O–H groups in total. The summed E-state index contributed by atoms with van der Waals surface area (Å²) in [7, 11) is 0. The Hall–Kier alpha value is -1.44. The standard InChI is InChI=1S/C10H16N2O5S/c1-2-17-8(13)3-4-11-10(16)12-6-18-5-7(12)9(14)15/h7H,2-6H2,1H3,(H,11,16)(H,14,15). The smallest absolute Gasteiger partial charge is 0.327 e. The molecule has 2 amide bonds. The maximum absolute atomic E-state index is 11.7. The summed E-state index contributed by atoms with van der Waals surface area (Å²) >= 11 is 1.39. The van der Waals surface area contributed by atoms with Crippen LogP contribution in [0, 0.1) is 0 Å². The third-order valence-corrected chi connectivity index (χ3v) is 3.35. The molecule has 7 nitrogen and oxygen atoms in total.